The van der Waals surface area contributed by atoms with Gasteiger partial charge in [0, 0.05) is 38.3 Å². The summed E-state index contributed by atoms with van der Waals surface area (Å²) in [6.07, 6.45) is 4.29. The highest BCUT2D eigenvalue weighted by Gasteiger charge is 2.12. The van der Waals surface area contributed by atoms with Gasteiger partial charge in [0.15, 0.2) is 0 Å². The van der Waals surface area contributed by atoms with Crippen molar-refractivity contribution in [3.8, 4) is 0 Å². The highest BCUT2D eigenvalue weighted by atomic mass is 16.4. The average molecular weight is 268 g/mol. The quantitative estimate of drug-likeness (QED) is 0.679. The van der Waals surface area contributed by atoms with Crippen LogP contribution in [-0.4, -0.2) is 33.4 Å². The molecule has 0 aromatic carbocycles. The molecule has 0 spiro atoms. The fourth-order valence-electron chi connectivity index (χ4n) is 1.65. The fraction of sp³-hybridized carbons (Fsp3) is 0.583. The Labute approximate surface area is 112 Å². The molecule has 2 amide bonds. The normalized spacial score (nSPS) is 11.9. The molecule has 0 fully saturated rings. The summed E-state index contributed by atoms with van der Waals surface area (Å²) in [5, 5.41) is 18.1. The van der Waals surface area contributed by atoms with Gasteiger partial charge in [0.1, 0.15) is 0 Å². The summed E-state index contributed by atoms with van der Waals surface area (Å²) in [6.45, 7) is 2.67. The van der Waals surface area contributed by atoms with Crippen LogP contribution in [0.5, 0.6) is 0 Å². The standard InChI is InChI=1S/C12H20N4O3/c1-3-9(4-11(17)18)5-13-12(19)14-6-10-7-15-16(2)8-10/h7-9H,3-6H2,1-2H3,(H,17,18)(H2,13,14,19). The molecule has 1 rings (SSSR count). The average Bonchev–Trinajstić information content (AvgIpc) is 2.77. The third-order valence-electron chi connectivity index (χ3n) is 2.80. The number of nitrogens with zero attached hydrogens (tertiary/aromatic N) is 2. The summed E-state index contributed by atoms with van der Waals surface area (Å²) >= 11 is 0. The Morgan fingerprint density at radius 3 is 2.74 bits per heavy atom. The van der Waals surface area contributed by atoms with Crippen LogP contribution in [0.2, 0.25) is 0 Å². The number of amides is 2. The van der Waals surface area contributed by atoms with Crippen molar-refractivity contribution in [3.63, 3.8) is 0 Å². The molecule has 1 aromatic heterocycles. The van der Waals surface area contributed by atoms with Gasteiger partial charge in [-0.1, -0.05) is 13.3 Å². The summed E-state index contributed by atoms with van der Waals surface area (Å²) in [5.41, 5.74) is 0.912. The fourth-order valence-corrected chi connectivity index (χ4v) is 1.65. The first kappa shape index (κ1) is 15.0. The van der Waals surface area contributed by atoms with Crippen LogP contribution >= 0.6 is 0 Å². The van der Waals surface area contributed by atoms with Gasteiger partial charge in [-0.15, -0.1) is 0 Å². The lowest BCUT2D eigenvalue weighted by Crippen LogP contribution is -2.38. The number of carboxylic acids is 1. The molecule has 1 heterocycles. The van der Waals surface area contributed by atoms with E-state index in [4.69, 9.17) is 5.11 Å². The van der Waals surface area contributed by atoms with Gasteiger partial charge in [-0.25, -0.2) is 4.79 Å². The lowest BCUT2D eigenvalue weighted by atomic mass is 10.0. The maximum Gasteiger partial charge on any atom is 0.315 e. The zero-order chi connectivity index (χ0) is 14.3. The van der Waals surface area contributed by atoms with E-state index in [1.54, 1.807) is 17.9 Å². The minimum absolute atomic E-state index is 0.0401. The molecule has 0 aliphatic heterocycles. The Morgan fingerprint density at radius 2 is 2.21 bits per heavy atom. The van der Waals surface area contributed by atoms with E-state index in [0.717, 1.165) is 12.0 Å². The maximum atomic E-state index is 11.5. The minimum Gasteiger partial charge on any atom is -0.481 e. The van der Waals surface area contributed by atoms with Gasteiger partial charge < -0.3 is 15.7 Å². The van der Waals surface area contributed by atoms with Crippen LogP contribution < -0.4 is 10.6 Å². The first-order valence-corrected chi connectivity index (χ1v) is 6.22. The first-order chi connectivity index (χ1) is 9.01. The van der Waals surface area contributed by atoms with Crippen LogP contribution in [0.1, 0.15) is 25.3 Å². The zero-order valence-electron chi connectivity index (χ0n) is 11.2. The molecular formula is C12H20N4O3. The van der Waals surface area contributed by atoms with E-state index in [1.807, 2.05) is 13.1 Å². The number of aliphatic carboxylic acids is 1. The highest BCUT2D eigenvalue weighted by molar-refractivity contribution is 5.74. The van der Waals surface area contributed by atoms with E-state index >= 15 is 0 Å². The van der Waals surface area contributed by atoms with E-state index in [9.17, 15) is 9.59 Å². The highest BCUT2D eigenvalue weighted by Crippen LogP contribution is 2.06. The number of hydrogen-bond acceptors (Lipinski definition) is 3. The molecule has 0 aliphatic rings. The molecule has 7 heteroatoms. The second-order valence-electron chi connectivity index (χ2n) is 4.46. The molecule has 0 aliphatic carbocycles. The minimum atomic E-state index is -0.843. The summed E-state index contributed by atoms with van der Waals surface area (Å²) in [4.78, 5) is 22.1. The van der Waals surface area contributed by atoms with Crippen molar-refractivity contribution < 1.29 is 14.7 Å². The van der Waals surface area contributed by atoms with Gasteiger partial charge in [0.05, 0.1) is 6.20 Å². The predicted molar refractivity (Wildman–Crippen MR) is 69.5 cm³/mol. The van der Waals surface area contributed by atoms with Crippen molar-refractivity contribution in [1.29, 1.82) is 0 Å². The summed E-state index contributed by atoms with van der Waals surface area (Å²) in [6, 6.07) is -0.298. The summed E-state index contributed by atoms with van der Waals surface area (Å²) in [5.74, 6) is -0.883. The van der Waals surface area contributed by atoms with E-state index in [2.05, 4.69) is 15.7 Å². The molecular weight excluding hydrogens is 248 g/mol. The topological polar surface area (TPSA) is 96.3 Å². The number of aromatic nitrogens is 2. The third kappa shape index (κ3) is 5.89. The van der Waals surface area contributed by atoms with Gasteiger partial charge in [-0.05, 0) is 5.92 Å². The molecule has 3 N–H and O–H groups in total. The number of carboxylic acid groups (broad SMARTS) is 1. The van der Waals surface area contributed by atoms with Crippen LogP contribution in [0.3, 0.4) is 0 Å². The van der Waals surface area contributed by atoms with Crippen molar-refractivity contribution >= 4 is 12.0 Å². The maximum absolute atomic E-state index is 11.5. The molecule has 0 radical (unpaired) electrons. The van der Waals surface area contributed by atoms with Gasteiger partial charge in [0.2, 0.25) is 0 Å². The number of urea groups is 1. The Kier molecular flexibility index (Phi) is 5.84. The zero-order valence-corrected chi connectivity index (χ0v) is 11.2. The Bertz CT molecular complexity index is 430. The lowest BCUT2D eigenvalue weighted by molar-refractivity contribution is -0.138. The van der Waals surface area contributed by atoms with Gasteiger partial charge in [0.25, 0.3) is 0 Å². The van der Waals surface area contributed by atoms with Gasteiger partial charge >= 0.3 is 12.0 Å². The van der Waals surface area contributed by atoms with Crippen molar-refractivity contribution in [1.82, 2.24) is 20.4 Å². The van der Waals surface area contributed by atoms with Crippen LogP contribution in [0.4, 0.5) is 4.79 Å². The lowest BCUT2D eigenvalue weighted by Gasteiger charge is -2.13. The van der Waals surface area contributed by atoms with E-state index in [1.165, 1.54) is 0 Å². The SMILES string of the molecule is CCC(CNC(=O)NCc1cnn(C)c1)CC(=O)O. The van der Waals surface area contributed by atoms with E-state index in [-0.39, 0.29) is 18.4 Å². The number of nitrogens with one attached hydrogen (secondary N) is 2. The third-order valence-corrected chi connectivity index (χ3v) is 2.80. The van der Waals surface area contributed by atoms with Crippen molar-refractivity contribution in [2.24, 2.45) is 13.0 Å². The Balaban J connectivity index is 2.25. The molecule has 1 unspecified atom stereocenters. The molecule has 7 nitrogen and oxygen atoms in total. The molecule has 0 saturated heterocycles. The molecule has 0 bridgehead atoms. The Morgan fingerprint density at radius 1 is 1.47 bits per heavy atom. The van der Waals surface area contributed by atoms with Crippen LogP contribution in [0.25, 0.3) is 0 Å². The van der Waals surface area contributed by atoms with Crippen LogP contribution in [-0.2, 0) is 18.4 Å². The number of aryl methyl sites for hydroxylation is 1. The Hall–Kier alpha value is -2.05. The van der Waals surface area contributed by atoms with Gasteiger partial charge in [-0.3, -0.25) is 9.48 Å². The van der Waals surface area contributed by atoms with E-state index in [0.29, 0.717) is 13.1 Å². The molecule has 106 valence electrons. The first-order valence-electron chi connectivity index (χ1n) is 6.22. The number of rotatable bonds is 7. The molecule has 19 heavy (non-hydrogen) atoms. The number of carbonyl (C=O) groups is 2. The van der Waals surface area contributed by atoms with E-state index < -0.39 is 5.97 Å². The molecule has 1 aromatic rings. The largest absolute Gasteiger partial charge is 0.481 e. The van der Waals surface area contributed by atoms with Crippen LogP contribution in [0.15, 0.2) is 12.4 Å². The second kappa shape index (κ2) is 7.40. The van der Waals surface area contributed by atoms with Crippen molar-refractivity contribution in [2.75, 3.05) is 6.54 Å². The number of hydrogen-bond donors (Lipinski definition) is 3. The van der Waals surface area contributed by atoms with Gasteiger partial charge in [-0.2, -0.15) is 5.10 Å². The molecule has 0 saturated carbocycles. The predicted octanol–water partition coefficient (Wildman–Crippen LogP) is 0.720. The molecule has 1 atom stereocenters. The second-order valence-corrected chi connectivity index (χ2v) is 4.46. The monoisotopic (exact) mass is 268 g/mol. The number of carbonyl (C=O) groups excluding carboxylic acids is 1. The summed E-state index contributed by atoms with van der Waals surface area (Å²) in [7, 11) is 1.81. The van der Waals surface area contributed by atoms with Crippen molar-refractivity contribution in [2.45, 2.75) is 26.3 Å². The van der Waals surface area contributed by atoms with Crippen molar-refractivity contribution in [3.05, 3.63) is 18.0 Å². The summed E-state index contributed by atoms with van der Waals surface area (Å²) < 4.78 is 1.66. The van der Waals surface area contributed by atoms with Crippen LogP contribution in [0, 0.1) is 5.92 Å². The smallest absolute Gasteiger partial charge is 0.315 e.